The summed E-state index contributed by atoms with van der Waals surface area (Å²) in [6.07, 6.45) is 4.05. The quantitative estimate of drug-likeness (QED) is 0.624. The molecule has 0 amide bonds. The van der Waals surface area contributed by atoms with Crippen molar-refractivity contribution >= 4 is 5.78 Å². The fourth-order valence-corrected chi connectivity index (χ4v) is 2.08. The van der Waals surface area contributed by atoms with Gasteiger partial charge >= 0.3 is 0 Å². The highest BCUT2D eigenvalue weighted by molar-refractivity contribution is 5.82. The Morgan fingerprint density at radius 2 is 2.19 bits per heavy atom. The fourth-order valence-electron chi connectivity index (χ4n) is 2.08. The highest BCUT2D eigenvalue weighted by Gasteiger charge is 2.24. The van der Waals surface area contributed by atoms with E-state index in [1.165, 1.54) is 6.42 Å². The first-order valence-electron chi connectivity index (χ1n) is 6.60. The summed E-state index contributed by atoms with van der Waals surface area (Å²) in [4.78, 5) is 13.9. The van der Waals surface area contributed by atoms with Crippen LogP contribution in [-0.2, 0) is 9.53 Å². The van der Waals surface area contributed by atoms with E-state index in [0.717, 1.165) is 52.1 Å². The Morgan fingerprint density at radius 1 is 1.38 bits per heavy atom. The van der Waals surface area contributed by atoms with E-state index in [0.29, 0.717) is 5.78 Å². The van der Waals surface area contributed by atoms with Gasteiger partial charge in [-0.3, -0.25) is 9.69 Å². The summed E-state index contributed by atoms with van der Waals surface area (Å²) >= 11 is 0. The first-order chi connectivity index (χ1) is 7.77. The number of hydrogen-bond acceptors (Lipinski definition) is 3. The largest absolute Gasteiger partial charge is 0.380 e. The summed E-state index contributed by atoms with van der Waals surface area (Å²) in [5.74, 6) is 0.718. The maximum absolute atomic E-state index is 11.5. The van der Waals surface area contributed by atoms with Gasteiger partial charge in [0.05, 0.1) is 6.61 Å². The number of Topliss-reactive ketones (excluding diaryl/α,β-unsaturated/α-hetero) is 1. The van der Waals surface area contributed by atoms with Crippen molar-refractivity contribution in [3.63, 3.8) is 0 Å². The Labute approximate surface area is 99.1 Å². The molecule has 3 heteroatoms. The zero-order valence-electron chi connectivity index (χ0n) is 10.7. The first-order valence-corrected chi connectivity index (χ1v) is 6.60. The van der Waals surface area contributed by atoms with Crippen LogP contribution in [0.4, 0.5) is 0 Å². The minimum absolute atomic E-state index is 0.268. The number of likely N-dealkylation sites (tertiary alicyclic amines) is 1. The molecule has 0 aromatic heterocycles. The molecule has 94 valence electrons. The topological polar surface area (TPSA) is 29.5 Å². The number of ketones is 1. The van der Waals surface area contributed by atoms with E-state index in [2.05, 4.69) is 18.7 Å². The summed E-state index contributed by atoms with van der Waals surface area (Å²) in [5.41, 5.74) is 0. The highest BCUT2D eigenvalue weighted by Crippen LogP contribution is 2.15. The van der Waals surface area contributed by atoms with Gasteiger partial charge in [0.2, 0.25) is 0 Å². The normalized spacial score (nSPS) is 22.6. The molecule has 1 atom stereocenters. The van der Waals surface area contributed by atoms with Crippen molar-refractivity contribution in [2.75, 3.05) is 32.8 Å². The van der Waals surface area contributed by atoms with Gasteiger partial charge in [-0.25, -0.2) is 0 Å². The molecule has 0 saturated carbocycles. The van der Waals surface area contributed by atoms with Crippen molar-refractivity contribution in [2.24, 2.45) is 5.92 Å². The van der Waals surface area contributed by atoms with Crippen LogP contribution in [0.2, 0.25) is 0 Å². The van der Waals surface area contributed by atoms with Crippen LogP contribution < -0.4 is 0 Å². The van der Waals surface area contributed by atoms with Gasteiger partial charge in [0.25, 0.3) is 0 Å². The van der Waals surface area contributed by atoms with Gasteiger partial charge in [-0.2, -0.15) is 0 Å². The van der Waals surface area contributed by atoms with Crippen LogP contribution >= 0.6 is 0 Å². The molecule has 16 heavy (non-hydrogen) atoms. The van der Waals surface area contributed by atoms with E-state index in [1.807, 2.05) is 0 Å². The monoisotopic (exact) mass is 227 g/mol. The van der Waals surface area contributed by atoms with E-state index >= 15 is 0 Å². The third-order valence-electron chi connectivity index (χ3n) is 3.30. The number of carbonyl (C=O) groups excluding carboxylic acids is 1. The van der Waals surface area contributed by atoms with Gasteiger partial charge in [-0.1, -0.05) is 20.3 Å². The van der Waals surface area contributed by atoms with Gasteiger partial charge in [0.15, 0.2) is 0 Å². The molecule has 1 rings (SSSR count). The fraction of sp³-hybridized carbons (Fsp3) is 0.923. The Balaban J connectivity index is 2.11. The minimum atomic E-state index is 0.268. The van der Waals surface area contributed by atoms with Crippen molar-refractivity contribution in [2.45, 2.75) is 39.5 Å². The number of carbonyl (C=O) groups is 1. The molecule has 0 spiro atoms. The molecule has 0 N–H and O–H groups in total. The van der Waals surface area contributed by atoms with Gasteiger partial charge in [0, 0.05) is 38.6 Å². The number of piperidine rings is 1. The lowest BCUT2D eigenvalue weighted by molar-refractivity contribution is -0.126. The summed E-state index contributed by atoms with van der Waals surface area (Å²) < 4.78 is 5.55. The van der Waals surface area contributed by atoms with Crippen molar-refractivity contribution in [1.29, 1.82) is 0 Å². The van der Waals surface area contributed by atoms with Crippen molar-refractivity contribution in [3.05, 3.63) is 0 Å². The van der Waals surface area contributed by atoms with Gasteiger partial charge in [0.1, 0.15) is 5.78 Å². The standard InChI is InChI=1S/C13H25NO2/c1-3-5-9-16-10-8-14-7-6-13(15)12(4-2)11-14/h12H,3-11H2,1-2H3. The molecular weight excluding hydrogens is 202 g/mol. The van der Waals surface area contributed by atoms with Gasteiger partial charge in [-0.05, 0) is 12.8 Å². The molecule has 1 aliphatic rings. The Kier molecular flexibility index (Phi) is 6.65. The average molecular weight is 227 g/mol. The van der Waals surface area contributed by atoms with Crippen LogP contribution in [0.5, 0.6) is 0 Å². The molecule has 1 heterocycles. The highest BCUT2D eigenvalue weighted by atomic mass is 16.5. The van der Waals surface area contributed by atoms with E-state index < -0.39 is 0 Å². The summed E-state index contributed by atoms with van der Waals surface area (Å²) in [6.45, 7) is 8.80. The minimum Gasteiger partial charge on any atom is -0.380 e. The summed E-state index contributed by atoms with van der Waals surface area (Å²) in [6, 6.07) is 0. The molecule has 0 aromatic carbocycles. The summed E-state index contributed by atoms with van der Waals surface area (Å²) in [7, 11) is 0. The molecule has 1 fully saturated rings. The van der Waals surface area contributed by atoms with Crippen LogP contribution in [0.25, 0.3) is 0 Å². The predicted molar refractivity (Wildman–Crippen MR) is 65.6 cm³/mol. The Morgan fingerprint density at radius 3 is 2.88 bits per heavy atom. The smallest absolute Gasteiger partial charge is 0.138 e. The van der Waals surface area contributed by atoms with E-state index in [4.69, 9.17) is 4.74 Å². The maximum Gasteiger partial charge on any atom is 0.138 e. The van der Waals surface area contributed by atoms with Crippen molar-refractivity contribution in [1.82, 2.24) is 4.90 Å². The third kappa shape index (κ3) is 4.62. The number of hydrogen-bond donors (Lipinski definition) is 0. The summed E-state index contributed by atoms with van der Waals surface area (Å²) in [5, 5.41) is 0. The second-order valence-corrected chi connectivity index (χ2v) is 4.59. The second-order valence-electron chi connectivity index (χ2n) is 4.59. The van der Waals surface area contributed by atoms with E-state index in [1.54, 1.807) is 0 Å². The maximum atomic E-state index is 11.5. The average Bonchev–Trinajstić information content (AvgIpc) is 2.31. The molecule has 0 aromatic rings. The molecule has 0 bridgehead atoms. The van der Waals surface area contributed by atoms with E-state index in [-0.39, 0.29) is 5.92 Å². The van der Waals surface area contributed by atoms with Gasteiger partial charge in [-0.15, -0.1) is 0 Å². The Hall–Kier alpha value is -0.410. The SMILES string of the molecule is CCCCOCCN1CCC(=O)C(CC)C1. The van der Waals surface area contributed by atoms with Crippen LogP contribution in [0.3, 0.4) is 0 Å². The molecule has 1 unspecified atom stereocenters. The number of rotatable bonds is 7. The molecule has 1 aliphatic heterocycles. The van der Waals surface area contributed by atoms with Crippen LogP contribution in [0.15, 0.2) is 0 Å². The lowest BCUT2D eigenvalue weighted by Crippen LogP contribution is -2.42. The Bertz CT molecular complexity index is 206. The van der Waals surface area contributed by atoms with E-state index in [9.17, 15) is 4.79 Å². The zero-order chi connectivity index (χ0) is 11.8. The zero-order valence-corrected chi connectivity index (χ0v) is 10.7. The number of ether oxygens (including phenoxy) is 1. The van der Waals surface area contributed by atoms with Crippen LogP contribution in [0.1, 0.15) is 39.5 Å². The van der Waals surface area contributed by atoms with Crippen molar-refractivity contribution in [3.8, 4) is 0 Å². The first kappa shape index (κ1) is 13.7. The number of nitrogens with zero attached hydrogens (tertiary/aromatic N) is 1. The molecule has 3 nitrogen and oxygen atoms in total. The number of unbranched alkanes of at least 4 members (excludes halogenated alkanes) is 1. The van der Waals surface area contributed by atoms with Gasteiger partial charge < -0.3 is 4.74 Å². The third-order valence-corrected chi connectivity index (χ3v) is 3.30. The van der Waals surface area contributed by atoms with Crippen molar-refractivity contribution < 1.29 is 9.53 Å². The lowest BCUT2D eigenvalue weighted by Gasteiger charge is -2.31. The molecule has 0 radical (unpaired) electrons. The molecule has 1 saturated heterocycles. The molecular formula is C13H25NO2. The van der Waals surface area contributed by atoms with Crippen LogP contribution in [-0.4, -0.2) is 43.5 Å². The van der Waals surface area contributed by atoms with Crippen LogP contribution in [0, 0.1) is 5.92 Å². The predicted octanol–water partition coefficient (Wildman–Crippen LogP) is 2.10. The lowest BCUT2D eigenvalue weighted by atomic mass is 9.94. The second kappa shape index (κ2) is 7.80. The molecule has 0 aliphatic carbocycles.